The van der Waals surface area contributed by atoms with Crippen LogP contribution in [0.4, 0.5) is 10.5 Å². The van der Waals surface area contributed by atoms with E-state index in [0.717, 1.165) is 29.8 Å². The number of anilines is 1. The van der Waals surface area contributed by atoms with Crippen molar-refractivity contribution in [3.05, 3.63) is 29.3 Å². The molecule has 0 unspecified atom stereocenters. The molecule has 0 atom stereocenters. The van der Waals surface area contributed by atoms with Crippen molar-refractivity contribution in [2.24, 2.45) is 5.92 Å². The van der Waals surface area contributed by atoms with Gasteiger partial charge in [0.15, 0.2) is 0 Å². The molecule has 1 N–H and O–H groups in total. The van der Waals surface area contributed by atoms with Crippen LogP contribution in [-0.2, 0) is 9.53 Å². The van der Waals surface area contributed by atoms with Crippen LogP contribution in [0.1, 0.15) is 31.4 Å². The van der Waals surface area contributed by atoms with Crippen molar-refractivity contribution in [1.82, 2.24) is 9.80 Å². The number of ether oxygens (including phenoxy) is 1. The third-order valence-corrected chi connectivity index (χ3v) is 4.26. The van der Waals surface area contributed by atoms with Crippen molar-refractivity contribution in [3.8, 4) is 0 Å². The smallest absolute Gasteiger partial charge is 0.409 e. The molecule has 1 aliphatic heterocycles. The molecule has 0 aromatic heterocycles. The first-order chi connectivity index (χ1) is 12.3. The molecule has 2 rings (SSSR count). The van der Waals surface area contributed by atoms with Crippen LogP contribution in [0.25, 0.3) is 0 Å². The minimum Gasteiger partial charge on any atom is -0.449 e. The predicted molar refractivity (Wildman–Crippen MR) is 103 cm³/mol. The summed E-state index contributed by atoms with van der Waals surface area (Å²) in [6, 6.07) is 6.02. The van der Waals surface area contributed by atoms with Crippen LogP contribution in [-0.4, -0.2) is 61.1 Å². The summed E-state index contributed by atoms with van der Waals surface area (Å²) in [5, 5.41) is 2.97. The summed E-state index contributed by atoms with van der Waals surface area (Å²) in [6.45, 7) is 11.6. The average molecular weight is 361 g/mol. The standard InChI is InChI=1S/C20H31N3O3/c1-15(2)14-26-20(25)23-7-5-6-22(8-9-23)13-19(24)21-18-11-16(3)10-17(4)12-18/h10-12,15H,5-9,13-14H2,1-4H3,(H,21,24). The molecule has 144 valence electrons. The minimum atomic E-state index is -0.250. The third kappa shape index (κ3) is 6.67. The average Bonchev–Trinajstić information content (AvgIpc) is 2.77. The zero-order valence-corrected chi connectivity index (χ0v) is 16.4. The number of nitrogens with zero attached hydrogens (tertiary/aromatic N) is 2. The summed E-state index contributed by atoms with van der Waals surface area (Å²) >= 11 is 0. The van der Waals surface area contributed by atoms with Gasteiger partial charge in [-0.25, -0.2) is 4.79 Å². The molecular weight excluding hydrogens is 330 g/mol. The predicted octanol–water partition coefficient (Wildman–Crippen LogP) is 3.04. The normalized spacial score (nSPS) is 15.7. The van der Waals surface area contributed by atoms with Gasteiger partial charge >= 0.3 is 6.09 Å². The number of benzene rings is 1. The lowest BCUT2D eigenvalue weighted by Gasteiger charge is -2.21. The fraction of sp³-hybridized carbons (Fsp3) is 0.600. The Morgan fingerprint density at radius 1 is 1.08 bits per heavy atom. The van der Waals surface area contributed by atoms with Crippen LogP contribution >= 0.6 is 0 Å². The molecule has 26 heavy (non-hydrogen) atoms. The van der Waals surface area contributed by atoms with E-state index < -0.39 is 0 Å². The highest BCUT2D eigenvalue weighted by Crippen LogP contribution is 2.14. The maximum Gasteiger partial charge on any atom is 0.409 e. The van der Waals surface area contributed by atoms with Crippen molar-refractivity contribution in [2.75, 3.05) is 44.6 Å². The van der Waals surface area contributed by atoms with Crippen molar-refractivity contribution in [1.29, 1.82) is 0 Å². The Morgan fingerprint density at radius 3 is 2.42 bits per heavy atom. The number of aryl methyl sites for hydroxylation is 2. The first kappa shape index (κ1) is 20.2. The quantitative estimate of drug-likeness (QED) is 0.876. The number of hydrogen-bond donors (Lipinski definition) is 1. The second kappa shape index (κ2) is 9.57. The van der Waals surface area contributed by atoms with Gasteiger partial charge in [-0.05, 0) is 49.4 Å². The highest BCUT2D eigenvalue weighted by Gasteiger charge is 2.21. The fourth-order valence-electron chi connectivity index (χ4n) is 3.09. The summed E-state index contributed by atoms with van der Waals surface area (Å²) in [5.41, 5.74) is 3.09. The molecule has 0 aliphatic carbocycles. The van der Waals surface area contributed by atoms with E-state index in [9.17, 15) is 9.59 Å². The molecule has 0 saturated carbocycles. The van der Waals surface area contributed by atoms with Crippen LogP contribution in [0.2, 0.25) is 0 Å². The maximum atomic E-state index is 12.4. The maximum absolute atomic E-state index is 12.4. The Morgan fingerprint density at radius 2 is 1.77 bits per heavy atom. The largest absolute Gasteiger partial charge is 0.449 e. The number of carbonyl (C=O) groups excluding carboxylic acids is 2. The van der Waals surface area contributed by atoms with Gasteiger partial charge in [0, 0.05) is 31.9 Å². The summed E-state index contributed by atoms with van der Waals surface area (Å²) in [7, 11) is 0. The lowest BCUT2D eigenvalue weighted by Crippen LogP contribution is -2.38. The third-order valence-electron chi connectivity index (χ3n) is 4.26. The monoisotopic (exact) mass is 361 g/mol. The van der Waals surface area contributed by atoms with E-state index in [1.165, 1.54) is 0 Å². The number of hydrogen-bond acceptors (Lipinski definition) is 4. The van der Waals surface area contributed by atoms with Crippen LogP contribution in [0, 0.1) is 19.8 Å². The van der Waals surface area contributed by atoms with Crippen molar-refractivity contribution < 1.29 is 14.3 Å². The highest BCUT2D eigenvalue weighted by atomic mass is 16.6. The zero-order chi connectivity index (χ0) is 19.1. The number of nitrogens with one attached hydrogen (secondary N) is 1. The summed E-state index contributed by atoms with van der Waals surface area (Å²) in [5.74, 6) is 0.308. The molecule has 6 nitrogen and oxygen atoms in total. The Bertz CT molecular complexity index is 610. The molecule has 1 aromatic rings. The molecule has 0 bridgehead atoms. The first-order valence-corrected chi connectivity index (χ1v) is 9.35. The van der Waals surface area contributed by atoms with Crippen molar-refractivity contribution in [2.45, 2.75) is 34.1 Å². The second-order valence-electron chi connectivity index (χ2n) is 7.51. The van der Waals surface area contributed by atoms with Crippen molar-refractivity contribution in [3.63, 3.8) is 0 Å². The summed E-state index contributed by atoms with van der Waals surface area (Å²) < 4.78 is 5.31. The van der Waals surface area contributed by atoms with Gasteiger partial charge in [0.05, 0.1) is 13.2 Å². The van der Waals surface area contributed by atoms with E-state index in [0.29, 0.717) is 38.7 Å². The molecule has 1 heterocycles. The highest BCUT2D eigenvalue weighted by molar-refractivity contribution is 5.92. The lowest BCUT2D eigenvalue weighted by atomic mass is 10.1. The number of rotatable bonds is 5. The number of carbonyl (C=O) groups is 2. The van der Waals surface area contributed by atoms with Crippen LogP contribution in [0.3, 0.4) is 0 Å². The summed E-state index contributed by atoms with van der Waals surface area (Å²) in [6.07, 6.45) is 0.591. The molecule has 1 aromatic carbocycles. The van der Waals surface area contributed by atoms with Gasteiger partial charge in [0.2, 0.25) is 5.91 Å². The first-order valence-electron chi connectivity index (χ1n) is 9.35. The van der Waals surface area contributed by atoms with Gasteiger partial charge in [-0.2, -0.15) is 0 Å². The molecular formula is C20H31N3O3. The van der Waals surface area contributed by atoms with E-state index in [2.05, 4.69) is 16.3 Å². The topological polar surface area (TPSA) is 61.9 Å². The Kier molecular flexibility index (Phi) is 7.45. The molecule has 6 heteroatoms. The molecule has 0 radical (unpaired) electrons. The van der Waals surface area contributed by atoms with Crippen LogP contribution in [0.5, 0.6) is 0 Å². The van der Waals surface area contributed by atoms with Crippen LogP contribution < -0.4 is 5.32 Å². The Hall–Kier alpha value is -2.08. The minimum absolute atomic E-state index is 0.0224. The lowest BCUT2D eigenvalue weighted by molar-refractivity contribution is -0.117. The fourth-order valence-corrected chi connectivity index (χ4v) is 3.09. The second-order valence-corrected chi connectivity index (χ2v) is 7.51. The van der Waals surface area contributed by atoms with Crippen LogP contribution in [0.15, 0.2) is 18.2 Å². The molecule has 0 spiro atoms. The zero-order valence-electron chi connectivity index (χ0n) is 16.4. The van der Waals surface area contributed by atoms with Gasteiger partial charge in [0.1, 0.15) is 0 Å². The van der Waals surface area contributed by atoms with E-state index in [-0.39, 0.29) is 12.0 Å². The molecule has 1 saturated heterocycles. The SMILES string of the molecule is Cc1cc(C)cc(NC(=O)CN2CCCN(C(=O)OCC(C)C)CC2)c1. The summed E-state index contributed by atoms with van der Waals surface area (Å²) in [4.78, 5) is 28.3. The molecule has 1 fully saturated rings. The van der Waals surface area contributed by atoms with Gasteiger partial charge in [-0.3, -0.25) is 9.69 Å². The van der Waals surface area contributed by atoms with Gasteiger partial charge in [0.25, 0.3) is 0 Å². The Labute approximate surface area is 156 Å². The number of amides is 2. The molecule has 2 amide bonds. The molecule has 1 aliphatic rings. The van der Waals surface area contributed by atoms with Gasteiger partial charge < -0.3 is 15.0 Å². The van der Waals surface area contributed by atoms with Gasteiger partial charge in [-0.1, -0.05) is 19.9 Å². The van der Waals surface area contributed by atoms with E-state index in [1.54, 1.807) is 4.90 Å². The van der Waals surface area contributed by atoms with E-state index in [4.69, 9.17) is 4.74 Å². The van der Waals surface area contributed by atoms with Crippen molar-refractivity contribution >= 4 is 17.7 Å². The van der Waals surface area contributed by atoms with Gasteiger partial charge in [-0.15, -0.1) is 0 Å². The van der Waals surface area contributed by atoms with E-state index in [1.807, 2.05) is 39.8 Å². The van der Waals surface area contributed by atoms with E-state index >= 15 is 0 Å². The Balaban J connectivity index is 1.81.